The number of ketones is 1. The van der Waals surface area contributed by atoms with E-state index < -0.39 is 0 Å². The van der Waals surface area contributed by atoms with E-state index >= 15 is 0 Å². The molecule has 1 heterocycles. The molecule has 0 fully saturated rings. The largest absolute Gasteiger partial charge is 0.288 e. The quantitative estimate of drug-likeness (QED) is 0.798. The molecule has 106 valence electrons. The van der Waals surface area contributed by atoms with Crippen molar-refractivity contribution in [2.45, 2.75) is 46.0 Å². The van der Waals surface area contributed by atoms with Crippen molar-refractivity contribution in [3.8, 4) is 0 Å². The van der Waals surface area contributed by atoms with E-state index in [2.05, 4.69) is 16.5 Å². The van der Waals surface area contributed by atoms with Gasteiger partial charge in [0.1, 0.15) is 4.88 Å². The van der Waals surface area contributed by atoms with Gasteiger partial charge in [-0.15, -0.1) is 5.10 Å². The molecule has 1 aromatic carbocycles. The minimum atomic E-state index is -0.167. The molecule has 20 heavy (non-hydrogen) atoms. The van der Waals surface area contributed by atoms with Gasteiger partial charge in [-0.2, -0.15) is 0 Å². The predicted octanol–water partition coefficient (Wildman–Crippen LogP) is 4.02. The molecule has 1 aromatic heterocycles. The molecule has 0 radical (unpaired) electrons. The molecule has 2 aromatic rings. The maximum atomic E-state index is 12.6. The lowest BCUT2D eigenvalue weighted by atomic mass is 9.90. The van der Waals surface area contributed by atoms with E-state index in [0.717, 1.165) is 18.5 Å². The van der Waals surface area contributed by atoms with E-state index in [1.54, 1.807) is 0 Å². The van der Waals surface area contributed by atoms with Crippen molar-refractivity contribution in [1.82, 2.24) is 9.59 Å². The standard InChI is InChI=1S/C16H20N2OS/c1-5-6-11-7-9-12(10-8-11)13(19)14-15(16(2,3)4)17-18-20-14/h7-10H,5-6H2,1-4H3. The molecule has 0 aliphatic rings. The average molecular weight is 288 g/mol. The smallest absolute Gasteiger partial charge is 0.206 e. The van der Waals surface area contributed by atoms with Crippen molar-refractivity contribution < 1.29 is 4.79 Å². The summed E-state index contributed by atoms with van der Waals surface area (Å²) in [6.45, 7) is 8.29. The molecule has 0 bridgehead atoms. The van der Waals surface area contributed by atoms with Gasteiger partial charge < -0.3 is 0 Å². The number of rotatable bonds is 4. The van der Waals surface area contributed by atoms with Crippen molar-refractivity contribution in [1.29, 1.82) is 0 Å². The second kappa shape index (κ2) is 5.83. The van der Waals surface area contributed by atoms with Crippen LogP contribution < -0.4 is 0 Å². The van der Waals surface area contributed by atoms with Gasteiger partial charge >= 0.3 is 0 Å². The lowest BCUT2D eigenvalue weighted by Crippen LogP contribution is -2.16. The van der Waals surface area contributed by atoms with Crippen molar-refractivity contribution >= 4 is 17.3 Å². The number of benzene rings is 1. The Hall–Kier alpha value is -1.55. The van der Waals surface area contributed by atoms with Gasteiger partial charge in [-0.25, -0.2) is 0 Å². The van der Waals surface area contributed by atoms with Gasteiger partial charge in [0, 0.05) is 11.0 Å². The Kier molecular flexibility index (Phi) is 4.33. The van der Waals surface area contributed by atoms with Crippen LogP contribution in [0.5, 0.6) is 0 Å². The summed E-state index contributed by atoms with van der Waals surface area (Å²) in [5.74, 6) is 0.0213. The fraction of sp³-hybridized carbons (Fsp3) is 0.438. The summed E-state index contributed by atoms with van der Waals surface area (Å²) in [7, 11) is 0. The highest BCUT2D eigenvalue weighted by atomic mass is 32.1. The number of carbonyl (C=O) groups is 1. The Morgan fingerprint density at radius 1 is 1.20 bits per heavy atom. The van der Waals surface area contributed by atoms with Gasteiger partial charge in [-0.05, 0) is 23.5 Å². The zero-order valence-electron chi connectivity index (χ0n) is 12.4. The molecule has 0 unspecified atom stereocenters. The Labute approximate surface area is 124 Å². The first-order valence-corrected chi connectivity index (χ1v) is 7.67. The zero-order valence-corrected chi connectivity index (χ0v) is 13.3. The number of aryl methyl sites for hydroxylation is 1. The van der Waals surface area contributed by atoms with E-state index in [1.165, 1.54) is 17.1 Å². The van der Waals surface area contributed by atoms with Crippen LogP contribution in [0, 0.1) is 0 Å². The summed E-state index contributed by atoms with van der Waals surface area (Å²) >= 11 is 1.18. The third-order valence-electron chi connectivity index (χ3n) is 3.16. The van der Waals surface area contributed by atoms with Crippen molar-refractivity contribution in [2.24, 2.45) is 0 Å². The second-order valence-corrected chi connectivity index (χ2v) is 6.73. The van der Waals surface area contributed by atoms with Crippen LogP contribution in [-0.2, 0) is 11.8 Å². The number of carbonyl (C=O) groups excluding carboxylic acids is 1. The fourth-order valence-electron chi connectivity index (χ4n) is 2.07. The lowest BCUT2D eigenvalue weighted by molar-refractivity contribution is 0.104. The molecule has 2 rings (SSSR count). The molecule has 3 nitrogen and oxygen atoms in total. The Bertz CT molecular complexity index is 594. The first kappa shape index (κ1) is 14.9. The molecule has 0 saturated carbocycles. The highest BCUT2D eigenvalue weighted by Crippen LogP contribution is 2.27. The van der Waals surface area contributed by atoms with Crippen molar-refractivity contribution in [3.05, 3.63) is 46.0 Å². The van der Waals surface area contributed by atoms with Gasteiger partial charge in [0.25, 0.3) is 0 Å². The minimum absolute atomic E-state index is 0.0213. The highest BCUT2D eigenvalue weighted by molar-refractivity contribution is 7.08. The van der Waals surface area contributed by atoms with Gasteiger partial charge in [0.2, 0.25) is 5.78 Å². The Morgan fingerprint density at radius 3 is 2.40 bits per heavy atom. The normalized spacial score (nSPS) is 11.6. The van der Waals surface area contributed by atoms with E-state index in [9.17, 15) is 4.79 Å². The number of nitrogens with zero attached hydrogens (tertiary/aromatic N) is 2. The van der Waals surface area contributed by atoms with Crippen molar-refractivity contribution in [3.63, 3.8) is 0 Å². The Balaban J connectivity index is 2.30. The first-order chi connectivity index (χ1) is 9.43. The van der Waals surface area contributed by atoms with Crippen LogP contribution in [-0.4, -0.2) is 15.4 Å². The Morgan fingerprint density at radius 2 is 1.85 bits per heavy atom. The molecular weight excluding hydrogens is 268 g/mol. The first-order valence-electron chi connectivity index (χ1n) is 6.90. The van der Waals surface area contributed by atoms with Crippen LogP contribution in [0.4, 0.5) is 0 Å². The predicted molar refractivity (Wildman–Crippen MR) is 82.5 cm³/mol. The van der Waals surface area contributed by atoms with Crippen LogP contribution in [0.1, 0.15) is 60.6 Å². The monoisotopic (exact) mass is 288 g/mol. The molecule has 0 amide bonds. The summed E-state index contributed by atoms with van der Waals surface area (Å²) in [6.07, 6.45) is 2.16. The molecule has 0 saturated heterocycles. The summed E-state index contributed by atoms with van der Waals surface area (Å²) in [5, 5.41) is 4.13. The highest BCUT2D eigenvalue weighted by Gasteiger charge is 2.26. The van der Waals surface area contributed by atoms with Crippen LogP contribution >= 0.6 is 11.5 Å². The molecule has 4 heteroatoms. The third-order valence-corrected chi connectivity index (χ3v) is 3.88. The zero-order chi connectivity index (χ0) is 14.8. The van der Waals surface area contributed by atoms with Gasteiger partial charge in [0.05, 0.1) is 5.69 Å². The van der Waals surface area contributed by atoms with E-state index in [-0.39, 0.29) is 11.2 Å². The van der Waals surface area contributed by atoms with Gasteiger partial charge in [0.15, 0.2) is 0 Å². The summed E-state index contributed by atoms with van der Waals surface area (Å²) in [5.41, 5.74) is 2.59. The number of hydrogen-bond acceptors (Lipinski definition) is 4. The molecule has 0 aliphatic heterocycles. The average Bonchev–Trinajstić information content (AvgIpc) is 2.88. The maximum absolute atomic E-state index is 12.6. The van der Waals surface area contributed by atoms with Crippen LogP contribution in [0.3, 0.4) is 0 Å². The SMILES string of the molecule is CCCc1ccc(C(=O)c2snnc2C(C)(C)C)cc1. The summed E-state index contributed by atoms with van der Waals surface area (Å²) < 4.78 is 3.95. The fourth-order valence-corrected chi connectivity index (χ4v) is 2.91. The second-order valence-electron chi connectivity index (χ2n) is 5.98. The summed E-state index contributed by atoms with van der Waals surface area (Å²) in [4.78, 5) is 13.2. The topological polar surface area (TPSA) is 42.9 Å². The molecule has 0 atom stereocenters. The van der Waals surface area contributed by atoms with Crippen LogP contribution in [0.25, 0.3) is 0 Å². The lowest BCUT2D eigenvalue weighted by Gasteiger charge is -2.15. The minimum Gasteiger partial charge on any atom is -0.288 e. The number of aromatic nitrogens is 2. The van der Waals surface area contributed by atoms with Gasteiger partial charge in [-0.1, -0.05) is 62.9 Å². The molecule has 0 N–H and O–H groups in total. The maximum Gasteiger partial charge on any atom is 0.206 e. The van der Waals surface area contributed by atoms with Crippen molar-refractivity contribution in [2.75, 3.05) is 0 Å². The van der Waals surface area contributed by atoms with Gasteiger partial charge in [-0.3, -0.25) is 4.79 Å². The summed E-state index contributed by atoms with van der Waals surface area (Å²) in [6, 6.07) is 7.86. The molecular formula is C16H20N2OS. The van der Waals surface area contributed by atoms with E-state index in [1.807, 2.05) is 45.0 Å². The van der Waals surface area contributed by atoms with E-state index in [4.69, 9.17) is 0 Å². The molecule has 0 spiro atoms. The van der Waals surface area contributed by atoms with E-state index in [0.29, 0.717) is 10.4 Å². The van der Waals surface area contributed by atoms with Crippen LogP contribution in [0.15, 0.2) is 24.3 Å². The number of hydrogen-bond donors (Lipinski definition) is 0. The van der Waals surface area contributed by atoms with Crippen LogP contribution in [0.2, 0.25) is 0 Å². The molecule has 0 aliphatic carbocycles. The third kappa shape index (κ3) is 3.12.